The zero-order valence-electron chi connectivity index (χ0n) is 15.7. The molecule has 0 radical (unpaired) electrons. The molecule has 0 unspecified atom stereocenters. The molecule has 8 heteroatoms. The summed E-state index contributed by atoms with van der Waals surface area (Å²) < 4.78 is 11.9. The summed E-state index contributed by atoms with van der Waals surface area (Å²) in [5, 5.41) is 3.67. The van der Waals surface area contributed by atoms with Gasteiger partial charge in [0, 0.05) is 10.6 Å². The summed E-state index contributed by atoms with van der Waals surface area (Å²) in [4.78, 5) is 29.3. The number of methoxy groups -OCH3 is 2. The Kier molecular flexibility index (Phi) is 5.84. The molecule has 1 heterocycles. The van der Waals surface area contributed by atoms with Crippen molar-refractivity contribution in [3.8, 4) is 11.5 Å². The molecular weight excluding hydrogens is 382 g/mol. The fourth-order valence-electron chi connectivity index (χ4n) is 2.94. The highest BCUT2D eigenvalue weighted by Gasteiger charge is 2.16. The monoisotopic (exact) mass is 401 g/mol. The molecule has 0 fully saturated rings. The largest absolute Gasteiger partial charge is 0.497 e. The van der Waals surface area contributed by atoms with Crippen LogP contribution in [0.4, 0.5) is 0 Å². The Morgan fingerprint density at radius 3 is 2.71 bits per heavy atom. The van der Waals surface area contributed by atoms with Crippen LogP contribution in [0.2, 0.25) is 5.02 Å². The van der Waals surface area contributed by atoms with E-state index in [4.69, 9.17) is 21.1 Å². The number of carbonyl (C=O) groups is 1. The van der Waals surface area contributed by atoms with Gasteiger partial charge in [0.05, 0.1) is 37.5 Å². The molecule has 1 atom stereocenters. The van der Waals surface area contributed by atoms with Gasteiger partial charge in [-0.15, -0.1) is 0 Å². The molecule has 1 aromatic heterocycles. The van der Waals surface area contributed by atoms with Crippen LogP contribution in [0, 0.1) is 0 Å². The lowest BCUT2D eigenvalue weighted by Crippen LogP contribution is -2.34. The molecule has 146 valence electrons. The molecule has 0 bridgehead atoms. The number of nitrogens with one attached hydrogen (secondary N) is 1. The quantitative estimate of drug-likeness (QED) is 0.686. The number of rotatable bonds is 6. The van der Waals surface area contributed by atoms with E-state index in [0.29, 0.717) is 27.4 Å². The highest BCUT2D eigenvalue weighted by atomic mass is 35.5. The van der Waals surface area contributed by atoms with Crippen LogP contribution < -0.4 is 20.3 Å². The van der Waals surface area contributed by atoms with E-state index in [1.54, 1.807) is 50.6 Å². The fourth-order valence-corrected chi connectivity index (χ4v) is 3.11. The smallest absolute Gasteiger partial charge is 0.261 e. The second-order valence-corrected chi connectivity index (χ2v) is 6.67. The van der Waals surface area contributed by atoms with Crippen LogP contribution in [0.1, 0.15) is 18.5 Å². The maximum Gasteiger partial charge on any atom is 0.261 e. The van der Waals surface area contributed by atoms with Gasteiger partial charge in [0.1, 0.15) is 18.0 Å². The van der Waals surface area contributed by atoms with Gasteiger partial charge in [0.25, 0.3) is 5.56 Å². The lowest BCUT2D eigenvalue weighted by molar-refractivity contribution is -0.122. The minimum atomic E-state index is -0.351. The van der Waals surface area contributed by atoms with Crippen molar-refractivity contribution in [2.45, 2.75) is 19.5 Å². The lowest BCUT2D eigenvalue weighted by Gasteiger charge is -2.18. The van der Waals surface area contributed by atoms with Crippen molar-refractivity contribution in [1.29, 1.82) is 0 Å². The average molecular weight is 402 g/mol. The van der Waals surface area contributed by atoms with Crippen molar-refractivity contribution >= 4 is 28.4 Å². The third kappa shape index (κ3) is 4.09. The molecule has 0 aliphatic heterocycles. The van der Waals surface area contributed by atoms with Crippen LogP contribution >= 0.6 is 11.6 Å². The lowest BCUT2D eigenvalue weighted by atomic mass is 10.1. The zero-order valence-corrected chi connectivity index (χ0v) is 16.5. The maximum absolute atomic E-state index is 12.6. The molecule has 1 amide bonds. The molecule has 0 aliphatic carbocycles. The Morgan fingerprint density at radius 2 is 2.00 bits per heavy atom. The summed E-state index contributed by atoms with van der Waals surface area (Å²) in [7, 11) is 3.13. The average Bonchev–Trinajstić information content (AvgIpc) is 2.69. The van der Waals surface area contributed by atoms with Crippen molar-refractivity contribution in [1.82, 2.24) is 14.9 Å². The van der Waals surface area contributed by atoms with Gasteiger partial charge < -0.3 is 14.8 Å². The molecule has 3 aromatic rings. The second-order valence-electron chi connectivity index (χ2n) is 6.24. The number of hydrogen-bond acceptors (Lipinski definition) is 5. The van der Waals surface area contributed by atoms with Gasteiger partial charge in [0.2, 0.25) is 5.91 Å². The van der Waals surface area contributed by atoms with E-state index in [0.717, 1.165) is 5.56 Å². The first-order chi connectivity index (χ1) is 13.4. The van der Waals surface area contributed by atoms with Crippen LogP contribution in [0.5, 0.6) is 11.5 Å². The number of hydrogen-bond donors (Lipinski definition) is 1. The molecular formula is C20H20ClN3O4. The first-order valence-electron chi connectivity index (χ1n) is 8.59. The highest BCUT2D eigenvalue weighted by molar-refractivity contribution is 6.31. The number of aromatic nitrogens is 2. The van der Waals surface area contributed by atoms with Crippen molar-refractivity contribution in [2.75, 3.05) is 14.2 Å². The van der Waals surface area contributed by atoms with E-state index in [1.807, 2.05) is 6.92 Å². The maximum atomic E-state index is 12.6. The number of benzene rings is 2. The molecule has 0 saturated carbocycles. The normalized spacial score (nSPS) is 11.9. The van der Waals surface area contributed by atoms with Crippen LogP contribution in [0.15, 0.2) is 47.5 Å². The van der Waals surface area contributed by atoms with Gasteiger partial charge in [-0.1, -0.05) is 11.6 Å². The predicted octanol–water partition coefficient (Wildman–Crippen LogP) is 2.94. The van der Waals surface area contributed by atoms with E-state index in [2.05, 4.69) is 10.3 Å². The first-order valence-corrected chi connectivity index (χ1v) is 8.96. The Hall–Kier alpha value is -3.06. The second kappa shape index (κ2) is 8.31. The van der Waals surface area contributed by atoms with E-state index >= 15 is 0 Å². The van der Waals surface area contributed by atoms with Gasteiger partial charge in [0.15, 0.2) is 0 Å². The molecule has 1 N–H and O–H groups in total. The first kappa shape index (κ1) is 19.7. The van der Waals surface area contributed by atoms with Crippen molar-refractivity contribution < 1.29 is 14.3 Å². The Balaban J connectivity index is 1.80. The van der Waals surface area contributed by atoms with Crippen molar-refractivity contribution in [2.24, 2.45) is 0 Å². The van der Waals surface area contributed by atoms with E-state index < -0.39 is 0 Å². The minimum Gasteiger partial charge on any atom is -0.497 e. The van der Waals surface area contributed by atoms with Crippen LogP contribution in [0.25, 0.3) is 10.9 Å². The summed E-state index contributed by atoms with van der Waals surface area (Å²) >= 11 is 5.96. The molecule has 3 rings (SSSR count). The van der Waals surface area contributed by atoms with Crippen LogP contribution in [0.3, 0.4) is 0 Å². The van der Waals surface area contributed by atoms with Gasteiger partial charge in [-0.3, -0.25) is 14.2 Å². The number of nitrogens with zero attached hydrogens (tertiary/aromatic N) is 2. The van der Waals surface area contributed by atoms with E-state index in [1.165, 1.54) is 10.9 Å². The van der Waals surface area contributed by atoms with Crippen LogP contribution in [-0.4, -0.2) is 29.7 Å². The number of fused-ring (bicyclic) bond motifs is 1. The predicted molar refractivity (Wildman–Crippen MR) is 107 cm³/mol. The third-order valence-electron chi connectivity index (χ3n) is 4.38. The Bertz CT molecular complexity index is 1080. The van der Waals surface area contributed by atoms with Crippen LogP contribution in [-0.2, 0) is 11.3 Å². The number of ether oxygens (including phenoxy) is 2. The molecule has 0 aliphatic rings. The summed E-state index contributed by atoms with van der Waals surface area (Å²) in [6.45, 7) is 1.67. The standard InChI is InChI=1S/C20H20ClN3O4/c1-12(15-9-14(27-2)5-7-18(15)28-3)23-19(25)10-24-11-22-17-6-4-13(21)8-16(17)20(24)26/h4-9,11-12H,10H2,1-3H3,(H,23,25)/t12-/m1/s1. The fraction of sp³-hybridized carbons (Fsp3) is 0.250. The van der Waals surface area contributed by atoms with Gasteiger partial charge >= 0.3 is 0 Å². The highest BCUT2D eigenvalue weighted by Crippen LogP contribution is 2.29. The van der Waals surface area contributed by atoms with Gasteiger partial charge in [-0.05, 0) is 43.3 Å². The molecule has 0 saturated heterocycles. The minimum absolute atomic E-state index is 0.162. The number of amides is 1. The summed E-state index contributed by atoms with van der Waals surface area (Å²) in [5.74, 6) is 0.958. The number of carbonyl (C=O) groups excluding carboxylic acids is 1. The van der Waals surface area contributed by atoms with Crippen molar-refractivity contribution in [3.05, 3.63) is 63.7 Å². The van der Waals surface area contributed by atoms with E-state index in [9.17, 15) is 9.59 Å². The molecule has 0 spiro atoms. The third-order valence-corrected chi connectivity index (χ3v) is 4.62. The topological polar surface area (TPSA) is 82.4 Å². The van der Waals surface area contributed by atoms with E-state index in [-0.39, 0.29) is 24.1 Å². The SMILES string of the molecule is COc1ccc(OC)c([C@@H](C)NC(=O)Cn2cnc3ccc(Cl)cc3c2=O)c1. The molecule has 28 heavy (non-hydrogen) atoms. The molecule has 2 aromatic carbocycles. The Morgan fingerprint density at radius 1 is 1.21 bits per heavy atom. The summed E-state index contributed by atoms with van der Waals surface area (Å²) in [6.07, 6.45) is 1.36. The van der Waals surface area contributed by atoms with Gasteiger partial charge in [-0.25, -0.2) is 4.98 Å². The summed E-state index contributed by atoms with van der Waals surface area (Å²) in [5.41, 5.74) is 0.973. The number of halogens is 1. The molecule has 7 nitrogen and oxygen atoms in total. The van der Waals surface area contributed by atoms with Gasteiger partial charge in [-0.2, -0.15) is 0 Å². The van der Waals surface area contributed by atoms with Crippen molar-refractivity contribution in [3.63, 3.8) is 0 Å². The Labute approximate surface area is 166 Å². The zero-order chi connectivity index (χ0) is 20.3. The summed E-state index contributed by atoms with van der Waals surface area (Å²) in [6, 6.07) is 9.88.